The zero-order valence-electron chi connectivity index (χ0n) is 10.7. The first-order valence-corrected chi connectivity index (χ1v) is 8.14. The molecule has 4 nitrogen and oxygen atoms in total. The highest BCUT2D eigenvalue weighted by atomic mass is 32.2. The van der Waals surface area contributed by atoms with Crippen molar-refractivity contribution in [3.05, 3.63) is 29.8 Å². The van der Waals surface area contributed by atoms with Gasteiger partial charge in [-0.25, -0.2) is 17.2 Å². The van der Waals surface area contributed by atoms with Crippen molar-refractivity contribution >= 4 is 21.4 Å². The minimum absolute atomic E-state index is 0.0415. The van der Waals surface area contributed by atoms with Gasteiger partial charge in [0.25, 0.3) is 0 Å². The number of halogens is 2. The van der Waals surface area contributed by atoms with Gasteiger partial charge in [0, 0.05) is 6.42 Å². The van der Waals surface area contributed by atoms with Crippen molar-refractivity contribution in [2.45, 2.75) is 19.3 Å². The number of hydrogen-bond acceptors (Lipinski definition) is 3. The highest BCUT2D eigenvalue weighted by Gasteiger charge is 2.26. The summed E-state index contributed by atoms with van der Waals surface area (Å²) in [6, 6.07) is 3.29. The van der Waals surface area contributed by atoms with Crippen LogP contribution >= 0.6 is 0 Å². The summed E-state index contributed by atoms with van der Waals surface area (Å²) < 4.78 is 49.6. The number of nitrogens with one attached hydrogen (secondary N) is 1. The van der Waals surface area contributed by atoms with Gasteiger partial charge in [0.05, 0.1) is 11.5 Å². The highest BCUT2D eigenvalue weighted by Crippen LogP contribution is 2.23. The van der Waals surface area contributed by atoms with Crippen molar-refractivity contribution in [1.82, 2.24) is 0 Å². The average Bonchev–Trinajstić information content (AvgIpc) is 2.33. The summed E-state index contributed by atoms with van der Waals surface area (Å²) >= 11 is 0. The Morgan fingerprint density at radius 1 is 1.30 bits per heavy atom. The van der Waals surface area contributed by atoms with E-state index < -0.39 is 33.1 Å². The molecule has 20 heavy (non-hydrogen) atoms. The smallest absolute Gasteiger partial charge is 0.224 e. The van der Waals surface area contributed by atoms with Crippen LogP contribution in [-0.2, 0) is 14.6 Å². The number of carbonyl (C=O) groups excluding carboxylic acids is 1. The molecule has 110 valence electrons. The van der Waals surface area contributed by atoms with E-state index in [4.69, 9.17) is 0 Å². The van der Waals surface area contributed by atoms with E-state index in [1.54, 1.807) is 0 Å². The Morgan fingerprint density at radius 2 is 1.95 bits per heavy atom. The van der Waals surface area contributed by atoms with Crippen LogP contribution in [0.25, 0.3) is 0 Å². The van der Waals surface area contributed by atoms with Crippen molar-refractivity contribution < 1.29 is 22.0 Å². The monoisotopic (exact) mass is 303 g/mol. The van der Waals surface area contributed by atoms with Gasteiger partial charge in [-0.2, -0.15) is 0 Å². The van der Waals surface area contributed by atoms with Crippen molar-refractivity contribution in [1.29, 1.82) is 0 Å². The summed E-state index contributed by atoms with van der Waals surface area (Å²) in [5.74, 6) is -2.46. The van der Waals surface area contributed by atoms with Gasteiger partial charge in [0.2, 0.25) is 5.91 Å². The lowest BCUT2D eigenvalue weighted by Crippen LogP contribution is -2.28. The SMILES string of the molecule is O=C(CC1CCCS(=O)(=O)C1)Nc1c(F)cccc1F. The van der Waals surface area contributed by atoms with Gasteiger partial charge in [-0.15, -0.1) is 0 Å². The maximum Gasteiger partial charge on any atom is 0.224 e. The van der Waals surface area contributed by atoms with Crippen molar-refractivity contribution in [3.63, 3.8) is 0 Å². The summed E-state index contributed by atoms with van der Waals surface area (Å²) in [4.78, 5) is 11.8. The second kappa shape index (κ2) is 5.87. The van der Waals surface area contributed by atoms with Gasteiger partial charge in [-0.1, -0.05) is 6.07 Å². The van der Waals surface area contributed by atoms with Crippen LogP contribution < -0.4 is 5.32 Å². The molecule has 1 aliphatic rings. The minimum atomic E-state index is -3.09. The number of benzene rings is 1. The Labute approximate surface area is 116 Å². The van der Waals surface area contributed by atoms with Crippen molar-refractivity contribution in [2.24, 2.45) is 5.92 Å². The topological polar surface area (TPSA) is 63.2 Å². The highest BCUT2D eigenvalue weighted by molar-refractivity contribution is 7.91. The maximum absolute atomic E-state index is 13.4. The predicted octanol–water partition coefficient (Wildman–Crippen LogP) is 2.12. The summed E-state index contributed by atoms with van der Waals surface area (Å²) in [5.41, 5.74) is -0.490. The van der Waals surface area contributed by atoms with Crippen molar-refractivity contribution in [3.8, 4) is 0 Å². The molecule has 0 bridgehead atoms. The molecule has 1 unspecified atom stereocenters. The first-order chi connectivity index (χ1) is 9.37. The van der Waals surface area contributed by atoms with Crippen LogP contribution in [-0.4, -0.2) is 25.8 Å². The number of para-hydroxylation sites is 1. The van der Waals surface area contributed by atoms with E-state index in [2.05, 4.69) is 5.32 Å². The van der Waals surface area contributed by atoms with Gasteiger partial charge < -0.3 is 5.32 Å². The molecule has 1 heterocycles. The predicted molar refractivity (Wildman–Crippen MR) is 71.0 cm³/mol. The van der Waals surface area contributed by atoms with Crippen LogP contribution in [0.2, 0.25) is 0 Å². The van der Waals surface area contributed by atoms with E-state index in [0.29, 0.717) is 12.8 Å². The zero-order chi connectivity index (χ0) is 14.8. The number of sulfone groups is 1. The summed E-state index contributed by atoms with van der Waals surface area (Å²) in [6.07, 6.45) is 1.10. The fraction of sp³-hybridized carbons (Fsp3) is 0.462. The molecule has 2 rings (SSSR count). The van der Waals surface area contributed by atoms with Crippen LogP contribution in [0.3, 0.4) is 0 Å². The molecule has 0 radical (unpaired) electrons. The number of hydrogen-bond donors (Lipinski definition) is 1. The first-order valence-electron chi connectivity index (χ1n) is 6.32. The van der Waals surface area contributed by atoms with Crippen molar-refractivity contribution in [2.75, 3.05) is 16.8 Å². The molecule has 1 N–H and O–H groups in total. The number of anilines is 1. The molecular weight excluding hydrogens is 288 g/mol. The van der Waals surface area contributed by atoms with Crippen LogP contribution in [0.5, 0.6) is 0 Å². The average molecular weight is 303 g/mol. The quantitative estimate of drug-likeness (QED) is 0.930. The minimum Gasteiger partial charge on any atom is -0.321 e. The fourth-order valence-electron chi connectivity index (χ4n) is 2.35. The molecule has 0 saturated carbocycles. The third-order valence-electron chi connectivity index (χ3n) is 3.26. The normalized spacial score (nSPS) is 21.4. The number of rotatable bonds is 3. The molecule has 0 aliphatic carbocycles. The van der Waals surface area contributed by atoms with Crippen LogP contribution in [0, 0.1) is 17.6 Å². The molecule has 1 saturated heterocycles. The van der Waals surface area contributed by atoms with E-state index in [1.165, 1.54) is 6.07 Å². The molecule has 0 aromatic heterocycles. The first kappa shape index (κ1) is 14.9. The van der Waals surface area contributed by atoms with Crippen LogP contribution in [0.1, 0.15) is 19.3 Å². The van der Waals surface area contributed by atoms with Gasteiger partial charge in [0.15, 0.2) is 9.84 Å². The Kier molecular flexibility index (Phi) is 4.37. The Balaban J connectivity index is 1.99. The van der Waals surface area contributed by atoms with E-state index in [0.717, 1.165) is 12.1 Å². The van der Waals surface area contributed by atoms with E-state index in [9.17, 15) is 22.0 Å². The molecule has 7 heteroatoms. The lowest BCUT2D eigenvalue weighted by molar-refractivity contribution is -0.117. The Morgan fingerprint density at radius 3 is 2.55 bits per heavy atom. The number of amides is 1. The lowest BCUT2D eigenvalue weighted by Gasteiger charge is -2.21. The lowest BCUT2D eigenvalue weighted by atomic mass is 10.0. The third kappa shape index (κ3) is 3.75. The largest absolute Gasteiger partial charge is 0.321 e. The van der Waals surface area contributed by atoms with Crippen LogP contribution in [0.4, 0.5) is 14.5 Å². The molecule has 0 spiro atoms. The van der Waals surface area contributed by atoms with E-state index in [1.807, 2.05) is 0 Å². The standard InChI is InChI=1S/C13H15F2NO3S/c14-10-4-1-5-11(15)13(10)16-12(17)7-9-3-2-6-20(18,19)8-9/h1,4-5,9H,2-3,6-8H2,(H,16,17). The van der Waals surface area contributed by atoms with Gasteiger partial charge >= 0.3 is 0 Å². The Hall–Kier alpha value is -1.50. The second-order valence-corrected chi connectivity index (χ2v) is 7.20. The van der Waals surface area contributed by atoms with Gasteiger partial charge in [-0.05, 0) is 30.9 Å². The maximum atomic E-state index is 13.4. The summed E-state index contributed by atoms with van der Waals surface area (Å²) in [7, 11) is -3.09. The molecule has 1 aromatic carbocycles. The third-order valence-corrected chi connectivity index (χ3v) is 5.15. The Bertz CT molecular complexity index is 596. The number of carbonyl (C=O) groups is 1. The zero-order valence-corrected chi connectivity index (χ0v) is 11.6. The van der Waals surface area contributed by atoms with Gasteiger partial charge in [-0.3, -0.25) is 4.79 Å². The molecule has 1 aliphatic heterocycles. The van der Waals surface area contributed by atoms with Gasteiger partial charge in [0.1, 0.15) is 17.3 Å². The molecule has 1 atom stereocenters. The molecule has 1 amide bonds. The molecule has 1 aromatic rings. The van der Waals surface area contributed by atoms with E-state index in [-0.39, 0.29) is 23.8 Å². The fourth-order valence-corrected chi connectivity index (χ4v) is 4.12. The van der Waals surface area contributed by atoms with Crippen LogP contribution in [0.15, 0.2) is 18.2 Å². The summed E-state index contributed by atoms with van der Waals surface area (Å²) in [5, 5.41) is 2.17. The second-order valence-electron chi connectivity index (χ2n) is 4.97. The van der Waals surface area contributed by atoms with E-state index >= 15 is 0 Å². The molecular formula is C13H15F2NO3S. The summed E-state index contributed by atoms with van der Waals surface area (Å²) in [6.45, 7) is 0. The molecule has 1 fully saturated rings.